The van der Waals surface area contributed by atoms with Crippen molar-refractivity contribution in [3.8, 4) is 5.75 Å². The Balaban J connectivity index is 2.14. The first-order valence-electron chi connectivity index (χ1n) is 7.84. The monoisotopic (exact) mass is 318 g/mol. The van der Waals surface area contributed by atoms with Gasteiger partial charge in [-0.1, -0.05) is 32.4 Å². The van der Waals surface area contributed by atoms with Gasteiger partial charge in [0, 0.05) is 17.7 Å². The van der Waals surface area contributed by atoms with E-state index in [1.807, 2.05) is 26.0 Å². The van der Waals surface area contributed by atoms with E-state index in [4.69, 9.17) is 4.74 Å². The van der Waals surface area contributed by atoms with E-state index in [0.29, 0.717) is 18.4 Å². The molecule has 0 radical (unpaired) electrons. The summed E-state index contributed by atoms with van der Waals surface area (Å²) >= 11 is 0. The lowest BCUT2D eigenvalue weighted by molar-refractivity contribution is 0.0734. The van der Waals surface area contributed by atoms with Gasteiger partial charge in [0.05, 0.1) is 5.56 Å². The molecule has 0 atom stereocenters. The van der Waals surface area contributed by atoms with Crippen molar-refractivity contribution in [2.75, 3.05) is 0 Å². The summed E-state index contributed by atoms with van der Waals surface area (Å²) in [5.74, 6) is -2.11. The average molecular weight is 318 g/mol. The fraction of sp³-hybridized carbons (Fsp3) is 0.316. The number of hydrogen-bond donors (Lipinski definition) is 0. The fourth-order valence-electron chi connectivity index (χ4n) is 2.27. The Labute approximate surface area is 135 Å². The Morgan fingerprint density at radius 1 is 1.04 bits per heavy atom. The Kier molecular flexibility index (Phi) is 5.85. The third-order valence-corrected chi connectivity index (χ3v) is 3.70. The molecule has 0 amide bonds. The standard InChI is InChI=1S/C19H20F2O2/c1-3-5-6-16-17(20)11-15(12-18(16)21)23-19(22)14-9-7-13(4-2)8-10-14/h7-12H,3-6H2,1-2H3. The topological polar surface area (TPSA) is 26.3 Å². The molecule has 2 aromatic rings. The first-order valence-corrected chi connectivity index (χ1v) is 7.84. The Hall–Kier alpha value is -2.23. The number of esters is 1. The van der Waals surface area contributed by atoms with E-state index in [2.05, 4.69) is 0 Å². The zero-order valence-corrected chi connectivity index (χ0v) is 13.4. The van der Waals surface area contributed by atoms with Crippen LogP contribution < -0.4 is 4.74 Å². The number of halogens is 2. The van der Waals surface area contributed by atoms with Crippen LogP contribution in [0.5, 0.6) is 5.75 Å². The molecule has 0 aromatic heterocycles. The molecule has 4 heteroatoms. The Morgan fingerprint density at radius 3 is 2.17 bits per heavy atom. The van der Waals surface area contributed by atoms with Crippen molar-refractivity contribution in [3.63, 3.8) is 0 Å². The lowest BCUT2D eigenvalue weighted by Gasteiger charge is -2.09. The summed E-state index contributed by atoms with van der Waals surface area (Å²) in [6.07, 6.45) is 2.76. The maximum atomic E-state index is 14.0. The molecule has 0 saturated carbocycles. The molecule has 0 aliphatic rings. The van der Waals surface area contributed by atoms with E-state index < -0.39 is 17.6 Å². The van der Waals surface area contributed by atoms with Gasteiger partial charge in [0.1, 0.15) is 17.4 Å². The normalized spacial score (nSPS) is 10.6. The lowest BCUT2D eigenvalue weighted by atomic mass is 10.1. The van der Waals surface area contributed by atoms with Crippen molar-refractivity contribution >= 4 is 5.97 Å². The number of aryl methyl sites for hydroxylation is 1. The van der Waals surface area contributed by atoms with Gasteiger partial charge in [0.15, 0.2) is 0 Å². The minimum absolute atomic E-state index is 0.0407. The number of unbranched alkanes of at least 4 members (excludes halogenated alkanes) is 1. The van der Waals surface area contributed by atoms with Crippen LogP contribution in [0.25, 0.3) is 0 Å². The predicted octanol–water partition coefficient (Wildman–Crippen LogP) is 5.09. The van der Waals surface area contributed by atoms with Crippen molar-refractivity contribution in [3.05, 3.63) is 64.7 Å². The fourth-order valence-corrected chi connectivity index (χ4v) is 2.27. The number of ether oxygens (including phenoxy) is 1. The first kappa shape index (κ1) is 17.1. The quantitative estimate of drug-likeness (QED) is 0.548. The average Bonchev–Trinajstić information content (AvgIpc) is 2.54. The summed E-state index contributed by atoms with van der Waals surface area (Å²) in [7, 11) is 0. The highest BCUT2D eigenvalue weighted by atomic mass is 19.1. The Morgan fingerprint density at radius 2 is 1.65 bits per heavy atom. The largest absolute Gasteiger partial charge is 0.423 e. The van der Waals surface area contributed by atoms with Gasteiger partial charge in [-0.2, -0.15) is 0 Å². The van der Waals surface area contributed by atoms with Crippen molar-refractivity contribution in [1.29, 1.82) is 0 Å². The molecule has 2 rings (SSSR count). The summed E-state index contributed by atoms with van der Waals surface area (Å²) < 4.78 is 33.0. The van der Waals surface area contributed by atoms with Crippen LogP contribution in [0.15, 0.2) is 36.4 Å². The van der Waals surface area contributed by atoms with Gasteiger partial charge in [0.25, 0.3) is 0 Å². The van der Waals surface area contributed by atoms with E-state index in [0.717, 1.165) is 30.5 Å². The van der Waals surface area contributed by atoms with E-state index in [9.17, 15) is 13.6 Å². The van der Waals surface area contributed by atoms with Crippen LogP contribution in [0.4, 0.5) is 8.78 Å². The molecule has 23 heavy (non-hydrogen) atoms. The second-order valence-corrected chi connectivity index (χ2v) is 5.41. The predicted molar refractivity (Wildman–Crippen MR) is 85.7 cm³/mol. The van der Waals surface area contributed by atoms with Crippen molar-refractivity contribution in [1.82, 2.24) is 0 Å². The highest BCUT2D eigenvalue weighted by molar-refractivity contribution is 5.91. The van der Waals surface area contributed by atoms with Crippen LogP contribution >= 0.6 is 0 Å². The third-order valence-electron chi connectivity index (χ3n) is 3.70. The first-order chi connectivity index (χ1) is 11.0. The highest BCUT2D eigenvalue weighted by Crippen LogP contribution is 2.23. The molecule has 0 fully saturated rings. The van der Waals surface area contributed by atoms with Gasteiger partial charge in [-0.3, -0.25) is 0 Å². The zero-order chi connectivity index (χ0) is 16.8. The van der Waals surface area contributed by atoms with Crippen LogP contribution in [0.1, 0.15) is 48.2 Å². The molecule has 0 aliphatic heterocycles. The summed E-state index contributed by atoms with van der Waals surface area (Å²) in [6, 6.07) is 9.06. The maximum absolute atomic E-state index is 14.0. The Bertz CT molecular complexity index is 655. The molecule has 0 bridgehead atoms. The summed E-state index contributed by atoms with van der Waals surface area (Å²) in [6.45, 7) is 3.97. The van der Waals surface area contributed by atoms with Gasteiger partial charge < -0.3 is 4.74 Å². The van der Waals surface area contributed by atoms with Gasteiger partial charge in [-0.15, -0.1) is 0 Å². The van der Waals surface area contributed by atoms with Crippen LogP contribution in [0.2, 0.25) is 0 Å². The van der Waals surface area contributed by atoms with E-state index in [1.165, 1.54) is 0 Å². The molecule has 0 unspecified atom stereocenters. The minimum Gasteiger partial charge on any atom is -0.423 e. The molecule has 0 spiro atoms. The highest BCUT2D eigenvalue weighted by Gasteiger charge is 2.14. The number of carbonyl (C=O) groups excluding carboxylic acids is 1. The van der Waals surface area contributed by atoms with Crippen LogP contribution in [-0.2, 0) is 12.8 Å². The second kappa shape index (κ2) is 7.86. The summed E-state index contributed by atoms with van der Waals surface area (Å²) in [5, 5.41) is 0. The van der Waals surface area contributed by atoms with Crippen molar-refractivity contribution in [2.45, 2.75) is 39.5 Å². The number of carbonyl (C=O) groups is 1. The molecule has 122 valence electrons. The molecule has 0 saturated heterocycles. The number of benzene rings is 2. The van der Waals surface area contributed by atoms with Crippen LogP contribution in [0, 0.1) is 11.6 Å². The van der Waals surface area contributed by atoms with Gasteiger partial charge in [-0.05, 0) is 37.0 Å². The van der Waals surface area contributed by atoms with Gasteiger partial charge >= 0.3 is 5.97 Å². The zero-order valence-electron chi connectivity index (χ0n) is 13.4. The van der Waals surface area contributed by atoms with E-state index in [-0.39, 0.29) is 11.3 Å². The van der Waals surface area contributed by atoms with Crippen molar-refractivity contribution < 1.29 is 18.3 Å². The van der Waals surface area contributed by atoms with E-state index in [1.54, 1.807) is 12.1 Å². The van der Waals surface area contributed by atoms with Crippen LogP contribution in [-0.4, -0.2) is 5.97 Å². The number of hydrogen-bond acceptors (Lipinski definition) is 2. The van der Waals surface area contributed by atoms with Gasteiger partial charge in [0.2, 0.25) is 0 Å². The van der Waals surface area contributed by atoms with Crippen LogP contribution in [0.3, 0.4) is 0 Å². The second-order valence-electron chi connectivity index (χ2n) is 5.41. The molecular formula is C19H20F2O2. The van der Waals surface area contributed by atoms with Gasteiger partial charge in [-0.25, -0.2) is 13.6 Å². The minimum atomic E-state index is -0.678. The molecule has 0 N–H and O–H groups in total. The lowest BCUT2D eigenvalue weighted by Crippen LogP contribution is -2.09. The third kappa shape index (κ3) is 4.38. The molecular weight excluding hydrogens is 298 g/mol. The van der Waals surface area contributed by atoms with E-state index >= 15 is 0 Å². The summed E-state index contributed by atoms with van der Waals surface area (Å²) in [4.78, 5) is 12.0. The smallest absolute Gasteiger partial charge is 0.343 e. The molecule has 0 aliphatic carbocycles. The SMILES string of the molecule is CCCCc1c(F)cc(OC(=O)c2ccc(CC)cc2)cc1F. The summed E-state index contributed by atoms with van der Waals surface area (Å²) in [5.41, 5.74) is 1.48. The molecule has 2 aromatic carbocycles. The maximum Gasteiger partial charge on any atom is 0.343 e. The van der Waals surface area contributed by atoms with Crippen molar-refractivity contribution in [2.24, 2.45) is 0 Å². The molecule has 2 nitrogen and oxygen atoms in total. The number of rotatable bonds is 6. The molecule has 0 heterocycles.